The van der Waals surface area contributed by atoms with Gasteiger partial charge in [-0.2, -0.15) is 0 Å². The molecule has 0 atom stereocenters. The van der Waals surface area contributed by atoms with Gasteiger partial charge in [0.05, 0.1) is 37.3 Å². The molecule has 0 aliphatic rings. The van der Waals surface area contributed by atoms with E-state index < -0.39 is 0 Å². The maximum atomic E-state index is 13.0. The molecule has 4 nitrogen and oxygen atoms in total. The van der Waals surface area contributed by atoms with E-state index in [1.807, 2.05) is 53.4 Å². The molecular formula is C20H24N3OS+. The number of hydrogen-bond acceptors (Lipinski definition) is 3. The molecule has 3 aromatic rings. The van der Waals surface area contributed by atoms with Gasteiger partial charge in [0.15, 0.2) is 5.13 Å². The molecule has 25 heavy (non-hydrogen) atoms. The molecule has 0 saturated carbocycles. The molecule has 0 saturated heterocycles. The Bertz CT molecular complexity index is 796. The predicted molar refractivity (Wildman–Crippen MR) is 104 cm³/mol. The van der Waals surface area contributed by atoms with Crippen molar-refractivity contribution < 1.29 is 9.69 Å². The molecule has 0 spiro atoms. The summed E-state index contributed by atoms with van der Waals surface area (Å²) in [5.74, 6) is 0.110. The molecule has 1 amide bonds. The van der Waals surface area contributed by atoms with Crippen molar-refractivity contribution in [1.82, 2.24) is 4.98 Å². The van der Waals surface area contributed by atoms with Gasteiger partial charge in [0, 0.05) is 13.0 Å². The number of rotatable bonds is 7. The van der Waals surface area contributed by atoms with Gasteiger partial charge in [-0.15, -0.1) is 0 Å². The fourth-order valence-electron chi connectivity index (χ4n) is 2.76. The SMILES string of the molecule is C[NH+](C)CCCN(C(=O)Cc1ccccc1)c1nc2ccccc2s1. The van der Waals surface area contributed by atoms with Crippen molar-refractivity contribution in [2.45, 2.75) is 12.8 Å². The lowest BCUT2D eigenvalue weighted by molar-refractivity contribution is -0.858. The van der Waals surface area contributed by atoms with E-state index in [9.17, 15) is 4.79 Å². The number of aromatic nitrogens is 1. The van der Waals surface area contributed by atoms with Crippen LogP contribution >= 0.6 is 11.3 Å². The van der Waals surface area contributed by atoms with Crippen molar-refractivity contribution in [3.63, 3.8) is 0 Å². The first-order chi connectivity index (χ1) is 12.1. The molecule has 1 heterocycles. The molecule has 1 aromatic heterocycles. The Kier molecular flexibility index (Phi) is 5.79. The zero-order valence-corrected chi connectivity index (χ0v) is 15.6. The summed E-state index contributed by atoms with van der Waals surface area (Å²) in [7, 11) is 4.27. The Balaban J connectivity index is 1.82. The summed E-state index contributed by atoms with van der Waals surface area (Å²) in [6.45, 7) is 1.73. The quantitative estimate of drug-likeness (QED) is 0.707. The van der Waals surface area contributed by atoms with Crippen LogP contribution in [0.2, 0.25) is 0 Å². The molecule has 0 radical (unpaired) electrons. The molecule has 0 unspecified atom stereocenters. The van der Waals surface area contributed by atoms with E-state index >= 15 is 0 Å². The molecule has 2 aromatic carbocycles. The van der Waals surface area contributed by atoms with Crippen LogP contribution in [0.1, 0.15) is 12.0 Å². The maximum Gasteiger partial charge on any atom is 0.233 e. The largest absolute Gasteiger partial charge is 0.340 e. The normalized spacial score (nSPS) is 11.2. The van der Waals surface area contributed by atoms with Crippen molar-refractivity contribution in [1.29, 1.82) is 0 Å². The molecule has 0 aliphatic carbocycles. The third-order valence-electron chi connectivity index (χ3n) is 4.07. The van der Waals surface area contributed by atoms with Gasteiger partial charge >= 0.3 is 0 Å². The summed E-state index contributed by atoms with van der Waals surface area (Å²) in [6, 6.07) is 18.0. The number of thiazole rings is 1. The fourth-order valence-corrected chi connectivity index (χ4v) is 3.77. The van der Waals surface area contributed by atoms with Gasteiger partial charge in [-0.05, 0) is 17.7 Å². The second-order valence-corrected chi connectivity index (χ2v) is 7.49. The summed E-state index contributed by atoms with van der Waals surface area (Å²) in [4.78, 5) is 20.9. The van der Waals surface area contributed by atoms with E-state index in [0.717, 1.165) is 33.9 Å². The summed E-state index contributed by atoms with van der Waals surface area (Å²) in [6.07, 6.45) is 1.37. The standard InChI is InChI=1S/C20H23N3OS/c1-22(2)13-8-14-23(19(24)15-16-9-4-3-5-10-16)20-21-17-11-6-7-12-18(17)25-20/h3-7,9-12H,8,13-15H2,1-2H3/p+1. The van der Waals surface area contributed by atoms with Crippen LogP contribution in [-0.2, 0) is 11.2 Å². The van der Waals surface area contributed by atoms with E-state index in [-0.39, 0.29) is 5.91 Å². The number of carbonyl (C=O) groups excluding carboxylic acids is 1. The first kappa shape index (κ1) is 17.6. The minimum absolute atomic E-state index is 0.110. The first-order valence-corrected chi connectivity index (χ1v) is 9.44. The van der Waals surface area contributed by atoms with Gasteiger partial charge in [0.25, 0.3) is 0 Å². The molecule has 3 rings (SSSR count). The van der Waals surface area contributed by atoms with Crippen LogP contribution in [0.15, 0.2) is 54.6 Å². The first-order valence-electron chi connectivity index (χ1n) is 8.62. The van der Waals surface area contributed by atoms with Crippen LogP contribution in [0.3, 0.4) is 0 Å². The zero-order valence-electron chi connectivity index (χ0n) is 14.7. The number of benzene rings is 2. The van der Waals surface area contributed by atoms with Gasteiger partial charge in [0.1, 0.15) is 0 Å². The summed E-state index contributed by atoms with van der Waals surface area (Å²) in [5, 5.41) is 0.802. The van der Waals surface area contributed by atoms with Crippen LogP contribution in [0.5, 0.6) is 0 Å². The van der Waals surface area contributed by atoms with Crippen LogP contribution in [0.4, 0.5) is 5.13 Å². The summed E-state index contributed by atoms with van der Waals surface area (Å²) < 4.78 is 1.12. The van der Waals surface area contributed by atoms with Gasteiger partial charge in [0.2, 0.25) is 5.91 Å². The Morgan fingerprint density at radius 3 is 2.52 bits per heavy atom. The number of nitrogens with one attached hydrogen (secondary N) is 1. The lowest BCUT2D eigenvalue weighted by atomic mass is 10.1. The number of para-hydroxylation sites is 1. The molecule has 130 valence electrons. The van der Waals surface area contributed by atoms with E-state index in [0.29, 0.717) is 13.0 Å². The number of anilines is 1. The molecular weight excluding hydrogens is 330 g/mol. The lowest BCUT2D eigenvalue weighted by Gasteiger charge is -2.20. The average molecular weight is 354 g/mol. The van der Waals surface area contributed by atoms with E-state index in [1.165, 1.54) is 4.90 Å². The number of fused-ring (bicyclic) bond motifs is 1. The van der Waals surface area contributed by atoms with Crippen molar-refractivity contribution >= 4 is 32.6 Å². The van der Waals surface area contributed by atoms with Crippen molar-refractivity contribution in [2.75, 3.05) is 32.1 Å². The Hall–Kier alpha value is -2.24. The highest BCUT2D eigenvalue weighted by Gasteiger charge is 2.20. The summed E-state index contributed by atoms with van der Waals surface area (Å²) in [5.41, 5.74) is 2.00. The second kappa shape index (κ2) is 8.23. The fraction of sp³-hybridized carbons (Fsp3) is 0.300. The van der Waals surface area contributed by atoms with Crippen LogP contribution in [-0.4, -0.2) is 38.1 Å². The lowest BCUT2D eigenvalue weighted by Crippen LogP contribution is -3.05. The number of hydrogen-bond donors (Lipinski definition) is 1. The highest BCUT2D eigenvalue weighted by molar-refractivity contribution is 7.22. The zero-order chi connectivity index (χ0) is 17.6. The Labute approximate surface area is 152 Å². The molecule has 0 fully saturated rings. The van der Waals surface area contributed by atoms with Crippen LogP contribution in [0.25, 0.3) is 10.2 Å². The van der Waals surface area contributed by atoms with Gasteiger partial charge in [-0.3, -0.25) is 9.69 Å². The summed E-state index contributed by atoms with van der Waals surface area (Å²) >= 11 is 1.59. The molecule has 5 heteroatoms. The predicted octanol–water partition coefficient (Wildman–Crippen LogP) is 2.41. The third-order valence-corrected chi connectivity index (χ3v) is 5.13. The van der Waals surface area contributed by atoms with Crippen molar-refractivity contribution in [3.8, 4) is 0 Å². The highest BCUT2D eigenvalue weighted by atomic mass is 32.1. The van der Waals surface area contributed by atoms with Crippen LogP contribution in [0, 0.1) is 0 Å². The number of nitrogens with zero attached hydrogens (tertiary/aromatic N) is 2. The second-order valence-electron chi connectivity index (χ2n) is 6.48. The Morgan fingerprint density at radius 2 is 1.80 bits per heavy atom. The third kappa shape index (κ3) is 4.65. The monoisotopic (exact) mass is 354 g/mol. The molecule has 0 bridgehead atoms. The average Bonchev–Trinajstić information content (AvgIpc) is 3.03. The minimum atomic E-state index is 0.110. The van der Waals surface area contributed by atoms with Crippen molar-refractivity contribution in [2.24, 2.45) is 0 Å². The number of quaternary nitrogens is 1. The van der Waals surface area contributed by atoms with Crippen molar-refractivity contribution in [3.05, 3.63) is 60.2 Å². The number of amides is 1. The topological polar surface area (TPSA) is 37.6 Å². The highest BCUT2D eigenvalue weighted by Crippen LogP contribution is 2.29. The van der Waals surface area contributed by atoms with E-state index in [1.54, 1.807) is 11.3 Å². The van der Waals surface area contributed by atoms with E-state index in [2.05, 4.69) is 20.2 Å². The Morgan fingerprint density at radius 1 is 1.08 bits per heavy atom. The number of carbonyl (C=O) groups is 1. The maximum absolute atomic E-state index is 13.0. The smallest absolute Gasteiger partial charge is 0.233 e. The van der Waals surface area contributed by atoms with Crippen LogP contribution < -0.4 is 9.80 Å². The van der Waals surface area contributed by atoms with Gasteiger partial charge in [-0.1, -0.05) is 53.8 Å². The van der Waals surface area contributed by atoms with Gasteiger partial charge in [-0.25, -0.2) is 4.98 Å². The van der Waals surface area contributed by atoms with Gasteiger partial charge < -0.3 is 4.90 Å². The minimum Gasteiger partial charge on any atom is -0.340 e. The van der Waals surface area contributed by atoms with E-state index in [4.69, 9.17) is 4.98 Å². The molecule has 0 aliphatic heterocycles. The molecule has 1 N–H and O–H groups in total.